The van der Waals surface area contributed by atoms with E-state index in [1.807, 2.05) is 13.8 Å². The van der Waals surface area contributed by atoms with Gasteiger partial charge in [0.2, 0.25) is 0 Å². The van der Waals surface area contributed by atoms with Gasteiger partial charge in [0.15, 0.2) is 0 Å². The highest BCUT2D eigenvalue weighted by Gasteiger charge is 2.28. The van der Waals surface area contributed by atoms with Crippen LogP contribution in [0, 0.1) is 5.92 Å². The van der Waals surface area contributed by atoms with Crippen molar-refractivity contribution in [2.45, 2.75) is 45.8 Å². The van der Waals surface area contributed by atoms with Crippen LogP contribution in [0.3, 0.4) is 0 Å². The van der Waals surface area contributed by atoms with Crippen LogP contribution in [0.2, 0.25) is 0 Å². The first-order valence-corrected chi connectivity index (χ1v) is 5.49. The molecule has 3 heteroatoms. The second-order valence-electron chi connectivity index (χ2n) is 4.44. The summed E-state index contributed by atoms with van der Waals surface area (Å²) in [7, 11) is 0. The van der Waals surface area contributed by atoms with Gasteiger partial charge in [-0.1, -0.05) is 13.8 Å². The quantitative estimate of drug-likeness (QED) is 0.739. The van der Waals surface area contributed by atoms with E-state index in [-0.39, 0.29) is 17.9 Å². The molecule has 0 aromatic rings. The van der Waals surface area contributed by atoms with E-state index >= 15 is 0 Å². The fraction of sp³-hybridized carbons (Fsp3) is 0.909. The molecule has 0 aromatic heterocycles. The summed E-state index contributed by atoms with van der Waals surface area (Å²) >= 11 is 0. The van der Waals surface area contributed by atoms with Gasteiger partial charge in [-0.3, -0.25) is 9.69 Å². The van der Waals surface area contributed by atoms with E-state index in [1.165, 1.54) is 0 Å². The molecule has 3 unspecified atom stereocenters. The van der Waals surface area contributed by atoms with Crippen LogP contribution in [0.1, 0.15) is 33.6 Å². The first-order chi connectivity index (χ1) is 6.54. The highest BCUT2D eigenvalue weighted by molar-refractivity contribution is 5.83. The lowest BCUT2D eigenvalue weighted by Crippen LogP contribution is -2.49. The molecule has 0 radical (unpaired) electrons. The molecule has 1 fully saturated rings. The predicted molar refractivity (Wildman–Crippen MR) is 56.1 cm³/mol. The van der Waals surface area contributed by atoms with Gasteiger partial charge >= 0.3 is 0 Å². The number of ketones is 1. The minimum Gasteiger partial charge on any atom is -0.392 e. The Labute approximate surface area is 86.1 Å². The summed E-state index contributed by atoms with van der Waals surface area (Å²) in [6.45, 7) is 7.54. The fourth-order valence-electron chi connectivity index (χ4n) is 2.17. The molecule has 1 aliphatic rings. The van der Waals surface area contributed by atoms with Gasteiger partial charge in [0.05, 0.1) is 12.1 Å². The summed E-state index contributed by atoms with van der Waals surface area (Å²) in [4.78, 5) is 13.6. The van der Waals surface area contributed by atoms with Crippen molar-refractivity contribution >= 4 is 5.78 Å². The van der Waals surface area contributed by atoms with Crippen LogP contribution in [0.25, 0.3) is 0 Å². The van der Waals surface area contributed by atoms with Crippen LogP contribution >= 0.6 is 0 Å². The van der Waals surface area contributed by atoms with Crippen molar-refractivity contribution in [3.63, 3.8) is 0 Å². The van der Waals surface area contributed by atoms with Gasteiger partial charge in [0, 0.05) is 19.5 Å². The zero-order valence-corrected chi connectivity index (χ0v) is 9.36. The lowest BCUT2D eigenvalue weighted by Gasteiger charge is -2.37. The number of Topliss-reactive ketones (excluding diaryl/α,β-unsaturated/α-hetero) is 1. The summed E-state index contributed by atoms with van der Waals surface area (Å²) in [5.41, 5.74) is 0. The third-order valence-electron chi connectivity index (χ3n) is 3.03. The second-order valence-corrected chi connectivity index (χ2v) is 4.44. The highest BCUT2D eigenvalue weighted by Crippen LogP contribution is 2.18. The van der Waals surface area contributed by atoms with E-state index in [0.29, 0.717) is 18.9 Å². The van der Waals surface area contributed by atoms with Crippen LogP contribution in [0.4, 0.5) is 0 Å². The molecule has 0 saturated carbocycles. The average molecular weight is 199 g/mol. The van der Waals surface area contributed by atoms with Crippen molar-refractivity contribution < 1.29 is 9.90 Å². The Hall–Kier alpha value is -0.410. The number of aliphatic hydroxyl groups excluding tert-OH is 1. The van der Waals surface area contributed by atoms with Gasteiger partial charge in [-0.15, -0.1) is 0 Å². The molecule has 0 spiro atoms. The maximum atomic E-state index is 11.5. The van der Waals surface area contributed by atoms with Crippen molar-refractivity contribution in [3.05, 3.63) is 0 Å². The molecule has 82 valence electrons. The molecular weight excluding hydrogens is 178 g/mol. The van der Waals surface area contributed by atoms with E-state index in [2.05, 4.69) is 11.8 Å². The molecule has 1 N–H and O–H groups in total. The Morgan fingerprint density at radius 1 is 1.57 bits per heavy atom. The molecule has 0 aliphatic carbocycles. The van der Waals surface area contributed by atoms with Crippen molar-refractivity contribution in [3.8, 4) is 0 Å². The molecule has 3 nitrogen and oxygen atoms in total. The van der Waals surface area contributed by atoms with Crippen LogP contribution in [0.15, 0.2) is 0 Å². The average Bonchev–Trinajstić information content (AvgIpc) is 2.14. The van der Waals surface area contributed by atoms with E-state index in [1.54, 1.807) is 0 Å². The lowest BCUT2D eigenvalue weighted by molar-refractivity contribution is -0.125. The second kappa shape index (κ2) is 4.89. The van der Waals surface area contributed by atoms with Crippen molar-refractivity contribution in [2.24, 2.45) is 5.92 Å². The van der Waals surface area contributed by atoms with Crippen molar-refractivity contribution in [1.82, 2.24) is 4.90 Å². The van der Waals surface area contributed by atoms with Crippen LogP contribution in [-0.4, -0.2) is 41.0 Å². The van der Waals surface area contributed by atoms with Gasteiger partial charge < -0.3 is 5.11 Å². The Bertz CT molecular complexity index is 195. The Kier molecular flexibility index (Phi) is 4.08. The third kappa shape index (κ3) is 2.79. The monoisotopic (exact) mass is 199 g/mol. The van der Waals surface area contributed by atoms with Gasteiger partial charge in [0.25, 0.3) is 0 Å². The molecule has 14 heavy (non-hydrogen) atoms. The standard InChI is InChI=1S/C11H21NO2/c1-4-11(14)9(3)12-6-8(2)5-10(13)7-12/h8-10,13H,4-7H2,1-3H3. The molecule has 0 amide bonds. The van der Waals surface area contributed by atoms with Gasteiger partial charge in [-0.2, -0.15) is 0 Å². The fourth-order valence-corrected chi connectivity index (χ4v) is 2.17. The Morgan fingerprint density at radius 2 is 2.21 bits per heavy atom. The first kappa shape index (κ1) is 11.7. The summed E-state index contributed by atoms with van der Waals surface area (Å²) in [5.74, 6) is 0.761. The summed E-state index contributed by atoms with van der Waals surface area (Å²) in [6, 6.07) is -0.0302. The summed E-state index contributed by atoms with van der Waals surface area (Å²) in [5, 5.41) is 9.60. The largest absolute Gasteiger partial charge is 0.392 e. The Morgan fingerprint density at radius 3 is 2.71 bits per heavy atom. The zero-order chi connectivity index (χ0) is 10.7. The number of hydrogen-bond donors (Lipinski definition) is 1. The molecule has 1 rings (SSSR count). The first-order valence-electron chi connectivity index (χ1n) is 5.49. The molecule has 0 aromatic carbocycles. The van der Waals surface area contributed by atoms with Gasteiger partial charge in [-0.05, 0) is 19.3 Å². The summed E-state index contributed by atoms with van der Waals surface area (Å²) < 4.78 is 0. The van der Waals surface area contributed by atoms with Crippen LogP contribution in [-0.2, 0) is 4.79 Å². The van der Waals surface area contributed by atoms with E-state index < -0.39 is 0 Å². The van der Waals surface area contributed by atoms with Gasteiger partial charge in [-0.25, -0.2) is 0 Å². The maximum absolute atomic E-state index is 11.5. The van der Waals surface area contributed by atoms with Crippen LogP contribution < -0.4 is 0 Å². The summed E-state index contributed by atoms with van der Waals surface area (Å²) in [6.07, 6.45) is 1.19. The number of piperidine rings is 1. The molecule has 1 saturated heterocycles. The van der Waals surface area contributed by atoms with E-state index in [4.69, 9.17) is 0 Å². The maximum Gasteiger partial charge on any atom is 0.149 e. The van der Waals surface area contributed by atoms with Crippen LogP contribution in [0.5, 0.6) is 0 Å². The molecule has 3 atom stereocenters. The number of aliphatic hydroxyl groups is 1. The minimum atomic E-state index is -0.258. The van der Waals surface area contributed by atoms with Crippen molar-refractivity contribution in [2.75, 3.05) is 13.1 Å². The topological polar surface area (TPSA) is 40.5 Å². The normalized spacial score (nSPS) is 31.4. The number of nitrogens with zero attached hydrogens (tertiary/aromatic N) is 1. The number of rotatable bonds is 3. The van der Waals surface area contributed by atoms with Gasteiger partial charge in [0.1, 0.15) is 5.78 Å². The molecular formula is C11H21NO2. The molecule has 0 bridgehead atoms. The SMILES string of the molecule is CCC(=O)C(C)N1CC(C)CC(O)C1. The third-order valence-corrected chi connectivity index (χ3v) is 3.03. The number of likely N-dealkylation sites (tertiary alicyclic amines) is 1. The van der Waals surface area contributed by atoms with E-state index in [9.17, 15) is 9.90 Å². The predicted octanol–water partition coefficient (Wildman–Crippen LogP) is 1.06. The lowest BCUT2D eigenvalue weighted by atomic mass is 9.95. The minimum absolute atomic E-state index is 0.0302. The number of β-amino-alcohol motifs (C(OH)–C–C–N with tert-alkyl or cyclic N) is 1. The Balaban J connectivity index is 2.54. The number of hydrogen-bond acceptors (Lipinski definition) is 3. The number of carbonyl (C=O) groups is 1. The number of carbonyl (C=O) groups excluding carboxylic acids is 1. The zero-order valence-electron chi connectivity index (χ0n) is 9.36. The van der Waals surface area contributed by atoms with Crippen molar-refractivity contribution in [1.29, 1.82) is 0 Å². The smallest absolute Gasteiger partial charge is 0.149 e. The molecule has 1 aliphatic heterocycles. The van der Waals surface area contributed by atoms with E-state index in [0.717, 1.165) is 13.0 Å². The highest BCUT2D eigenvalue weighted by atomic mass is 16.3. The molecule has 1 heterocycles.